The number of para-hydroxylation sites is 3. The third-order valence-corrected chi connectivity index (χ3v) is 4.78. The van der Waals surface area contributed by atoms with Crippen LogP contribution in [0.4, 0.5) is 5.69 Å². The topological polar surface area (TPSA) is 58.1 Å². The first kappa shape index (κ1) is 15.6. The number of anilines is 1. The number of hydrogen-bond donors (Lipinski definition) is 1. The molecule has 1 N–H and O–H groups in total. The zero-order chi connectivity index (χ0) is 17.4. The fraction of sp³-hybridized carbons (Fsp3) is 0.250. The molecule has 3 aromatic rings. The summed E-state index contributed by atoms with van der Waals surface area (Å²) < 4.78 is 0. The Bertz CT molecular complexity index is 940. The Hall–Kier alpha value is -2.95. The van der Waals surface area contributed by atoms with Crippen LogP contribution in [0.15, 0.2) is 54.7 Å². The van der Waals surface area contributed by atoms with E-state index in [0.29, 0.717) is 5.56 Å². The maximum Gasteiger partial charge on any atom is 0.258 e. The van der Waals surface area contributed by atoms with Crippen LogP contribution in [-0.2, 0) is 0 Å². The van der Waals surface area contributed by atoms with Crippen molar-refractivity contribution in [3.63, 3.8) is 0 Å². The first-order valence-electron chi connectivity index (χ1n) is 8.59. The van der Waals surface area contributed by atoms with E-state index < -0.39 is 0 Å². The van der Waals surface area contributed by atoms with Gasteiger partial charge >= 0.3 is 0 Å². The van der Waals surface area contributed by atoms with E-state index in [0.717, 1.165) is 28.8 Å². The number of nitrogens with zero attached hydrogens (tertiary/aromatic N) is 3. The summed E-state index contributed by atoms with van der Waals surface area (Å²) in [4.78, 5) is 24.2. The Morgan fingerprint density at radius 2 is 1.84 bits per heavy atom. The molecule has 0 fully saturated rings. The minimum absolute atomic E-state index is 0.0312. The largest absolute Gasteiger partial charge is 0.359 e. The molecular weight excluding hydrogens is 312 g/mol. The highest BCUT2D eigenvalue weighted by Crippen LogP contribution is 2.34. The molecule has 5 nitrogen and oxygen atoms in total. The van der Waals surface area contributed by atoms with Crippen molar-refractivity contribution in [2.75, 3.05) is 5.32 Å². The zero-order valence-corrected chi connectivity index (χ0v) is 14.3. The molecule has 126 valence electrons. The number of amides is 1. The molecule has 0 saturated carbocycles. The van der Waals surface area contributed by atoms with Crippen molar-refractivity contribution in [1.29, 1.82) is 0 Å². The fourth-order valence-electron chi connectivity index (χ4n) is 3.24. The summed E-state index contributed by atoms with van der Waals surface area (Å²) >= 11 is 0. The van der Waals surface area contributed by atoms with Gasteiger partial charge in [0.05, 0.1) is 22.8 Å². The van der Waals surface area contributed by atoms with Gasteiger partial charge in [0.25, 0.3) is 5.91 Å². The second-order valence-corrected chi connectivity index (χ2v) is 6.35. The van der Waals surface area contributed by atoms with E-state index in [9.17, 15) is 4.79 Å². The lowest BCUT2D eigenvalue weighted by molar-refractivity contribution is 0.0589. The monoisotopic (exact) mass is 332 g/mol. The molecule has 0 spiro atoms. The van der Waals surface area contributed by atoms with Gasteiger partial charge in [0, 0.05) is 11.7 Å². The molecule has 0 saturated heterocycles. The van der Waals surface area contributed by atoms with Crippen molar-refractivity contribution >= 4 is 22.6 Å². The van der Waals surface area contributed by atoms with Gasteiger partial charge in [0.15, 0.2) is 0 Å². The third kappa shape index (κ3) is 2.61. The Kier molecular flexibility index (Phi) is 3.84. The van der Waals surface area contributed by atoms with E-state index in [-0.39, 0.29) is 18.1 Å². The van der Waals surface area contributed by atoms with Crippen molar-refractivity contribution in [2.45, 2.75) is 32.5 Å². The highest BCUT2D eigenvalue weighted by molar-refractivity contribution is 6.01. The number of benzene rings is 2. The molecule has 0 radical (unpaired) electrons. The number of carbonyl (C=O) groups is 1. The van der Waals surface area contributed by atoms with Crippen LogP contribution in [0.5, 0.6) is 0 Å². The minimum atomic E-state index is -0.325. The molecule has 0 unspecified atom stereocenters. The Labute approximate surface area is 146 Å². The molecule has 5 heteroatoms. The first-order valence-corrected chi connectivity index (χ1v) is 8.59. The lowest BCUT2D eigenvalue weighted by Crippen LogP contribution is -2.47. The van der Waals surface area contributed by atoms with Gasteiger partial charge in [-0.25, -0.2) is 4.98 Å². The average Bonchev–Trinajstić information content (AvgIpc) is 2.67. The summed E-state index contributed by atoms with van der Waals surface area (Å²) in [7, 11) is 0. The number of rotatable bonds is 3. The fourth-order valence-corrected chi connectivity index (χ4v) is 3.24. The first-order chi connectivity index (χ1) is 12.2. The molecule has 1 aliphatic heterocycles. The van der Waals surface area contributed by atoms with Crippen LogP contribution in [0.25, 0.3) is 11.0 Å². The highest BCUT2D eigenvalue weighted by Gasteiger charge is 2.36. The molecule has 0 aliphatic carbocycles. The summed E-state index contributed by atoms with van der Waals surface area (Å²) in [6, 6.07) is 15.5. The quantitative estimate of drug-likeness (QED) is 0.788. The van der Waals surface area contributed by atoms with Gasteiger partial charge < -0.3 is 10.2 Å². The van der Waals surface area contributed by atoms with E-state index in [1.165, 1.54) is 0 Å². The molecule has 2 heterocycles. The van der Waals surface area contributed by atoms with Crippen LogP contribution in [0.1, 0.15) is 42.5 Å². The molecule has 2 atom stereocenters. The Morgan fingerprint density at radius 1 is 1.12 bits per heavy atom. The Balaban J connectivity index is 1.83. The van der Waals surface area contributed by atoms with E-state index in [4.69, 9.17) is 4.98 Å². The van der Waals surface area contributed by atoms with Crippen molar-refractivity contribution in [1.82, 2.24) is 14.9 Å². The van der Waals surface area contributed by atoms with Crippen LogP contribution in [0, 0.1) is 0 Å². The molecule has 1 aliphatic rings. The van der Waals surface area contributed by atoms with Gasteiger partial charge in [-0.2, -0.15) is 0 Å². The van der Waals surface area contributed by atoms with E-state index in [2.05, 4.69) is 24.1 Å². The summed E-state index contributed by atoms with van der Waals surface area (Å²) in [6.45, 7) is 4.15. The number of carbonyl (C=O) groups excluding carboxylic acids is 1. The summed E-state index contributed by atoms with van der Waals surface area (Å²) in [5, 5.41) is 3.48. The van der Waals surface area contributed by atoms with Gasteiger partial charge in [-0.1, -0.05) is 31.2 Å². The second-order valence-electron chi connectivity index (χ2n) is 6.35. The van der Waals surface area contributed by atoms with Gasteiger partial charge in [0.2, 0.25) is 0 Å². The maximum absolute atomic E-state index is 13.1. The predicted molar refractivity (Wildman–Crippen MR) is 98.3 cm³/mol. The van der Waals surface area contributed by atoms with Gasteiger partial charge in [0.1, 0.15) is 11.9 Å². The smallest absolute Gasteiger partial charge is 0.258 e. The third-order valence-electron chi connectivity index (χ3n) is 4.78. The Morgan fingerprint density at radius 3 is 2.64 bits per heavy atom. The van der Waals surface area contributed by atoms with Crippen molar-refractivity contribution in [3.8, 4) is 0 Å². The van der Waals surface area contributed by atoms with E-state index in [1.54, 1.807) is 6.20 Å². The van der Waals surface area contributed by atoms with Crippen molar-refractivity contribution < 1.29 is 4.79 Å². The molecule has 2 aromatic carbocycles. The molecule has 1 aromatic heterocycles. The molecule has 0 bridgehead atoms. The van der Waals surface area contributed by atoms with Crippen LogP contribution < -0.4 is 5.32 Å². The average molecular weight is 332 g/mol. The SMILES string of the molecule is CC[C@@H](C)N1C(=O)c2ccccc2N[C@@H]1c1cnc2ccccc2n1. The number of aromatic nitrogens is 2. The van der Waals surface area contributed by atoms with Crippen molar-refractivity contribution in [2.24, 2.45) is 0 Å². The van der Waals surface area contributed by atoms with E-state index >= 15 is 0 Å². The van der Waals surface area contributed by atoms with E-state index in [1.807, 2.05) is 53.4 Å². The highest BCUT2D eigenvalue weighted by atomic mass is 16.2. The summed E-state index contributed by atoms with van der Waals surface area (Å²) in [5.74, 6) is 0.0312. The summed E-state index contributed by atoms with van der Waals surface area (Å²) in [5.41, 5.74) is 3.97. The van der Waals surface area contributed by atoms with Crippen LogP contribution >= 0.6 is 0 Å². The molecule has 25 heavy (non-hydrogen) atoms. The molecule has 1 amide bonds. The molecular formula is C20H20N4O. The van der Waals surface area contributed by atoms with Crippen LogP contribution in [0.3, 0.4) is 0 Å². The standard InChI is InChI=1S/C20H20N4O/c1-3-13(2)24-19(23-15-9-5-4-8-14(15)20(24)25)18-12-21-16-10-6-7-11-17(16)22-18/h4-13,19,23H,3H2,1-2H3/t13-,19+/m1/s1. The summed E-state index contributed by atoms with van der Waals surface area (Å²) in [6.07, 6.45) is 2.30. The van der Waals surface area contributed by atoms with Gasteiger partial charge in [-0.15, -0.1) is 0 Å². The minimum Gasteiger partial charge on any atom is -0.359 e. The van der Waals surface area contributed by atoms with Gasteiger partial charge in [-0.3, -0.25) is 9.78 Å². The van der Waals surface area contributed by atoms with Crippen molar-refractivity contribution in [3.05, 3.63) is 66.0 Å². The second kappa shape index (κ2) is 6.16. The lowest BCUT2D eigenvalue weighted by atomic mass is 10.0. The number of nitrogens with one attached hydrogen (secondary N) is 1. The maximum atomic E-state index is 13.1. The van der Waals surface area contributed by atoms with Gasteiger partial charge in [-0.05, 0) is 37.6 Å². The number of hydrogen-bond acceptors (Lipinski definition) is 4. The van der Waals surface area contributed by atoms with Crippen LogP contribution in [-0.4, -0.2) is 26.8 Å². The molecule has 4 rings (SSSR count). The normalized spacial score (nSPS) is 17.9. The predicted octanol–water partition coefficient (Wildman–Crippen LogP) is 3.99. The lowest BCUT2D eigenvalue weighted by Gasteiger charge is -2.40. The zero-order valence-electron chi connectivity index (χ0n) is 14.3. The van der Waals surface area contributed by atoms with Crippen LogP contribution in [0.2, 0.25) is 0 Å². The number of fused-ring (bicyclic) bond motifs is 2.